The van der Waals surface area contributed by atoms with Gasteiger partial charge in [0.15, 0.2) is 0 Å². The summed E-state index contributed by atoms with van der Waals surface area (Å²) >= 11 is 0. The maximum atomic E-state index is 12.7. The fraction of sp³-hybridized carbons (Fsp3) is 0.333. The van der Waals surface area contributed by atoms with Crippen LogP contribution in [0.4, 0.5) is 13.2 Å². The molecule has 0 atom stereocenters. The topological polar surface area (TPSA) is 51.2 Å². The number of carbonyl (C=O) groups is 1. The number of amides is 1. The minimum Gasteiger partial charge on any atom is -0.477 e. The van der Waals surface area contributed by atoms with E-state index in [0.717, 1.165) is 17.7 Å². The fourth-order valence-electron chi connectivity index (χ4n) is 2.21. The monoisotopic (exact) mass is 350 g/mol. The van der Waals surface area contributed by atoms with Crippen LogP contribution in [-0.4, -0.2) is 17.5 Å². The largest absolute Gasteiger partial charge is 0.477 e. The third-order valence-corrected chi connectivity index (χ3v) is 3.87. The van der Waals surface area contributed by atoms with Crippen molar-refractivity contribution in [2.75, 3.05) is 6.61 Å². The van der Waals surface area contributed by atoms with Gasteiger partial charge < -0.3 is 10.1 Å². The number of benzene rings is 1. The number of hydrogen-bond donors (Lipinski definition) is 1. The zero-order valence-electron chi connectivity index (χ0n) is 13.3. The van der Waals surface area contributed by atoms with E-state index >= 15 is 0 Å². The van der Waals surface area contributed by atoms with Crippen LogP contribution in [0.3, 0.4) is 0 Å². The van der Waals surface area contributed by atoms with Crippen molar-refractivity contribution in [1.82, 2.24) is 10.3 Å². The Morgan fingerprint density at radius 1 is 1.24 bits per heavy atom. The van der Waals surface area contributed by atoms with E-state index in [1.54, 1.807) is 18.3 Å². The first-order valence-electron chi connectivity index (χ1n) is 7.95. The van der Waals surface area contributed by atoms with E-state index in [2.05, 4.69) is 10.3 Å². The SMILES string of the molecule is O=C(NCc1ccc(OCC2CC2)nc1)c1cccc(C(F)(F)F)c1. The summed E-state index contributed by atoms with van der Waals surface area (Å²) in [5.41, 5.74) is -0.148. The van der Waals surface area contributed by atoms with E-state index in [1.165, 1.54) is 25.0 Å². The molecule has 1 saturated carbocycles. The first kappa shape index (κ1) is 17.3. The van der Waals surface area contributed by atoms with Gasteiger partial charge in [0.25, 0.3) is 5.91 Å². The Balaban J connectivity index is 1.54. The molecule has 25 heavy (non-hydrogen) atoms. The summed E-state index contributed by atoms with van der Waals surface area (Å²) in [6.45, 7) is 0.837. The van der Waals surface area contributed by atoms with Crippen LogP contribution in [0.2, 0.25) is 0 Å². The summed E-state index contributed by atoms with van der Waals surface area (Å²) in [6, 6.07) is 7.81. The van der Waals surface area contributed by atoms with Gasteiger partial charge in [0.05, 0.1) is 12.2 Å². The smallest absolute Gasteiger partial charge is 0.416 e. The van der Waals surface area contributed by atoms with E-state index in [1.807, 2.05) is 0 Å². The molecular weight excluding hydrogens is 333 g/mol. The lowest BCUT2D eigenvalue weighted by atomic mass is 10.1. The van der Waals surface area contributed by atoms with E-state index in [9.17, 15) is 18.0 Å². The van der Waals surface area contributed by atoms with Crippen LogP contribution in [-0.2, 0) is 12.7 Å². The molecule has 0 radical (unpaired) electrons. The molecule has 1 heterocycles. The Morgan fingerprint density at radius 2 is 2.04 bits per heavy atom. The third-order valence-electron chi connectivity index (χ3n) is 3.87. The van der Waals surface area contributed by atoms with E-state index < -0.39 is 17.6 Å². The molecule has 1 N–H and O–H groups in total. The molecule has 132 valence electrons. The average Bonchev–Trinajstić information content (AvgIpc) is 3.42. The predicted molar refractivity (Wildman–Crippen MR) is 85.1 cm³/mol. The van der Waals surface area contributed by atoms with Crippen LogP contribution in [0, 0.1) is 5.92 Å². The van der Waals surface area contributed by atoms with E-state index in [4.69, 9.17) is 4.74 Å². The molecule has 1 amide bonds. The normalized spacial score (nSPS) is 14.2. The summed E-state index contributed by atoms with van der Waals surface area (Å²) in [5.74, 6) is 0.591. The summed E-state index contributed by atoms with van der Waals surface area (Å²) in [7, 11) is 0. The van der Waals surface area contributed by atoms with Crippen LogP contribution < -0.4 is 10.1 Å². The Labute approximate surface area is 143 Å². The molecule has 2 aromatic rings. The predicted octanol–water partition coefficient (Wildman–Crippen LogP) is 3.82. The number of ether oxygens (including phenoxy) is 1. The second-order valence-electron chi connectivity index (χ2n) is 6.02. The summed E-state index contributed by atoms with van der Waals surface area (Å²) in [5, 5.41) is 2.59. The zero-order valence-corrected chi connectivity index (χ0v) is 13.3. The number of nitrogens with zero attached hydrogens (tertiary/aromatic N) is 1. The van der Waals surface area contributed by atoms with Crippen LogP contribution in [0.5, 0.6) is 5.88 Å². The van der Waals surface area contributed by atoms with Gasteiger partial charge >= 0.3 is 6.18 Å². The fourth-order valence-corrected chi connectivity index (χ4v) is 2.21. The van der Waals surface area contributed by atoms with Gasteiger partial charge in [0.2, 0.25) is 5.88 Å². The Morgan fingerprint density at radius 3 is 2.68 bits per heavy atom. The molecule has 0 spiro atoms. The molecule has 1 fully saturated rings. The summed E-state index contributed by atoms with van der Waals surface area (Å²) < 4.78 is 43.6. The lowest BCUT2D eigenvalue weighted by molar-refractivity contribution is -0.137. The second-order valence-corrected chi connectivity index (χ2v) is 6.02. The summed E-state index contributed by atoms with van der Waals surface area (Å²) in [6.07, 6.45) is -0.509. The minimum absolute atomic E-state index is 0.0350. The second kappa shape index (κ2) is 7.13. The van der Waals surface area contributed by atoms with Crippen molar-refractivity contribution in [1.29, 1.82) is 0 Å². The van der Waals surface area contributed by atoms with Gasteiger partial charge in [0, 0.05) is 24.4 Å². The van der Waals surface area contributed by atoms with Crippen molar-refractivity contribution in [2.24, 2.45) is 5.92 Å². The molecule has 1 aliphatic rings. The van der Waals surface area contributed by atoms with Gasteiger partial charge in [-0.15, -0.1) is 0 Å². The molecule has 1 aliphatic carbocycles. The number of nitrogens with one attached hydrogen (secondary N) is 1. The van der Waals surface area contributed by atoms with Gasteiger partial charge in [-0.1, -0.05) is 12.1 Å². The highest BCUT2D eigenvalue weighted by Crippen LogP contribution is 2.30. The van der Waals surface area contributed by atoms with Gasteiger partial charge in [-0.05, 0) is 42.5 Å². The molecule has 0 aliphatic heterocycles. The van der Waals surface area contributed by atoms with Crippen LogP contribution in [0.15, 0.2) is 42.6 Å². The van der Waals surface area contributed by atoms with Crippen molar-refractivity contribution in [3.05, 3.63) is 59.3 Å². The van der Waals surface area contributed by atoms with Gasteiger partial charge in [-0.3, -0.25) is 4.79 Å². The Hall–Kier alpha value is -2.57. The van der Waals surface area contributed by atoms with Crippen LogP contribution >= 0.6 is 0 Å². The number of pyridine rings is 1. The molecule has 3 rings (SSSR count). The maximum Gasteiger partial charge on any atom is 0.416 e. The number of hydrogen-bond acceptors (Lipinski definition) is 3. The number of rotatable bonds is 6. The first-order valence-corrected chi connectivity index (χ1v) is 7.95. The Kier molecular flexibility index (Phi) is 4.92. The quantitative estimate of drug-likeness (QED) is 0.862. The molecule has 1 aromatic heterocycles. The van der Waals surface area contributed by atoms with Crippen LogP contribution in [0.25, 0.3) is 0 Å². The Bertz CT molecular complexity index is 741. The van der Waals surface area contributed by atoms with Crippen molar-refractivity contribution in [3.8, 4) is 5.88 Å². The zero-order chi connectivity index (χ0) is 17.9. The number of alkyl halides is 3. The van der Waals surface area contributed by atoms with Gasteiger partial charge in [-0.25, -0.2) is 4.98 Å². The molecule has 0 bridgehead atoms. The number of carbonyl (C=O) groups excluding carboxylic acids is 1. The van der Waals surface area contributed by atoms with Crippen molar-refractivity contribution < 1.29 is 22.7 Å². The minimum atomic E-state index is -4.48. The van der Waals surface area contributed by atoms with E-state index in [-0.39, 0.29) is 12.1 Å². The van der Waals surface area contributed by atoms with Gasteiger partial charge in [0.1, 0.15) is 0 Å². The van der Waals surface area contributed by atoms with Crippen molar-refractivity contribution >= 4 is 5.91 Å². The van der Waals surface area contributed by atoms with Crippen molar-refractivity contribution in [3.63, 3.8) is 0 Å². The molecule has 4 nitrogen and oxygen atoms in total. The maximum absolute atomic E-state index is 12.7. The first-order chi connectivity index (χ1) is 11.9. The van der Waals surface area contributed by atoms with Crippen LogP contribution in [0.1, 0.15) is 34.3 Å². The molecule has 1 aromatic carbocycles. The number of halogens is 3. The van der Waals surface area contributed by atoms with E-state index in [0.29, 0.717) is 18.4 Å². The van der Waals surface area contributed by atoms with Crippen molar-refractivity contribution in [2.45, 2.75) is 25.6 Å². The lowest BCUT2D eigenvalue weighted by Crippen LogP contribution is -2.23. The highest BCUT2D eigenvalue weighted by atomic mass is 19.4. The lowest BCUT2D eigenvalue weighted by Gasteiger charge is -2.09. The molecule has 0 saturated heterocycles. The number of aromatic nitrogens is 1. The van der Waals surface area contributed by atoms with Gasteiger partial charge in [-0.2, -0.15) is 13.2 Å². The average molecular weight is 350 g/mol. The highest BCUT2D eigenvalue weighted by molar-refractivity contribution is 5.94. The standard InChI is InChI=1S/C18H17F3N2O2/c19-18(20,21)15-3-1-2-14(8-15)17(24)23-10-13-6-7-16(22-9-13)25-11-12-4-5-12/h1-3,6-9,12H,4-5,10-11H2,(H,23,24). The highest BCUT2D eigenvalue weighted by Gasteiger charge is 2.30. The third kappa shape index (κ3) is 4.95. The molecule has 0 unspecified atom stereocenters. The molecular formula is C18H17F3N2O2. The molecule has 7 heteroatoms. The summed E-state index contributed by atoms with van der Waals surface area (Å²) in [4.78, 5) is 16.2.